The number of hydrogen-bond donors (Lipinski definition) is 0. The van der Waals surface area contributed by atoms with Crippen LogP contribution in [-0.2, 0) is 20.9 Å². The topological polar surface area (TPSA) is 46.6 Å². The normalized spacial score (nSPS) is 24.0. The van der Waals surface area contributed by atoms with Gasteiger partial charge in [0, 0.05) is 12.1 Å². The standard InChI is InChI=1S/C19H23NO3/c1-2-23-18(22)19-12-7-6-10-16(19)20(17(21)11-13-19)14-15-8-4-3-5-9-15/h3-5,8-10H,2,6-7,11-14H2,1H3/t19-/m0/s1. The molecule has 0 spiro atoms. The van der Waals surface area contributed by atoms with Crippen molar-refractivity contribution in [1.82, 2.24) is 4.90 Å². The molecule has 1 atom stereocenters. The highest BCUT2D eigenvalue weighted by atomic mass is 16.5. The van der Waals surface area contributed by atoms with Crippen LogP contribution < -0.4 is 0 Å². The summed E-state index contributed by atoms with van der Waals surface area (Å²) in [5.74, 6) is -0.0709. The van der Waals surface area contributed by atoms with E-state index in [2.05, 4.69) is 6.08 Å². The third-order valence-electron chi connectivity index (χ3n) is 4.84. The van der Waals surface area contributed by atoms with Crippen LogP contribution in [0.3, 0.4) is 0 Å². The molecule has 0 unspecified atom stereocenters. The van der Waals surface area contributed by atoms with Gasteiger partial charge in [-0.25, -0.2) is 0 Å². The molecule has 3 rings (SSSR count). The Hall–Kier alpha value is -2.10. The quantitative estimate of drug-likeness (QED) is 0.800. The summed E-state index contributed by atoms with van der Waals surface area (Å²) in [5.41, 5.74) is 1.31. The summed E-state index contributed by atoms with van der Waals surface area (Å²) in [6.07, 6.45) is 5.70. The number of rotatable bonds is 4. The first-order chi connectivity index (χ1) is 11.2. The zero-order chi connectivity index (χ0) is 16.3. The summed E-state index contributed by atoms with van der Waals surface area (Å²) < 4.78 is 5.36. The van der Waals surface area contributed by atoms with Gasteiger partial charge < -0.3 is 9.64 Å². The van der Waals surface area contributed by atoms with E-state index in [1.165, 1.54) is 0 Å². The van der Waals surface area contributed by atoms with E-state index in [0.717, 1.165) is 30.5 Å². The van der Waals surface area contributed by atoms with Crippen molar-refractivity contribution in [2.75, 3.05) is 6.61 Å². The number of fused-ring (bicyclic) bond motifs is 1. The lowest BCUT2D eigenvalue weighted by atomic mass is 9.69. The molecule has 0 bridgehead atoms. The summed E-state index contributed by atoms with van der Waals surface area (Å²) in [4.78, 5) is 27.0. The molecule has 1 aromatic rings. The molecule has 4 nitrogen and oxygen atoms in total. The SMILES string of the molecule is CCOC(=O)[C@]12CCCC=C1N(Cc1ccccc1)C(=O)CC2. The number of benzene rings is 1. The molecule has 1 fully saturated rings. The maximum absolute atomic E-state index is 12.7. The molecule has 1 heterocycles. The van der Waals surface area contributed by atoms with Crippen LogP contribution in [-0.4, -0.2) is 23.4 Å². The molecule has 2 aliphatic rings. The highest BCUT2D eigenvalue weighted by Crippen LogP contribution is 2.48. The summed E-state index contributed by atoms with van der Waals surface area (Å²) in [6, 6.07) is 9.92. The molecule has 0 radical (unpaired) electrons. The molecule has 122 valence electrons. The Balaban J connectivity index is 1.93. The van der Waals surface area contributed by atoms with E-state index < -0.39 is 5.41 Å². The molecule has 23 heavy (non-hydrogen) atoms. The Kier molecular flexibility index (Phi) is 4.51. The van der Waals surface area contributed by atoms with Crippen molar-refractivity contribution < 1.29 is 14.3 Å². The van der Waals surface area contributed by atoms with E-state index in [0.29, 0.717) is 26.0 Å². The Labute approximate surface area is 137 Å². The lowest BCUT2D eigenvalue weighted by molar-refractivity contribution is -0.159. The Morgan fingerprint density at radius 2 is 2.04 bits per heavy atom. The smallest absolute Gasteiger partial charge is 0.318 e. The first-order valence-corrected chi connectivity index (χ1v) is 8.39. The number of ether oxygens (including phenoxy) is 1. The average Bonchev–Trinajstić information content (AvgIpc) is 2.58. The molecule has 0 aromatic heterocycles. The summed E-state index contributed by atoms with van der Waals surface area (Å²) in [6.45, 7) is 2.73. The second-order valence-corrected chi connectivity index (χ2v) is 6.25. The molecule has 1 aromatic carbocycles. The summed E-state index contributed by atoms with van der Waals surface area (Å²) in [5, 5.41) is 0. The lowest BCUT2D eigenvalue weighted by Gasteiger charge is -2.45. The number of allylic oxidation sites excluding steroid dienone is 1. The van der Waals surface area contributed by atoms with Gasteiger partial charge >= 0.3 is 5.97 Å². The molecule has 1 aliphatic heterocycles. The third kappa shape index (κ3) is 2.90. The van der Waals surface area contributed by atoms with Crippen LogP contribution in [0.1, 0.15) is 44.6 Å². The van der Waals surface area contributed by atoms with Crippen molar-refractivity contribution in [2.45, 2.75) is 45.6 Å². The van der Waals surface area contributed by atoms with Crippen LogP contribution in [0.2, 0.25) is 0 Å². The Morgan fingerprint density at radius 1 is 1.26 bits per heavy atom. The van der Waals surface area contributed by atoms with Gasteiger partial charge in [-0.2, -0.15) is 0 Å². The molecule has 4 heteroatoms. The van der Waals surface area contributed by atoms with Gasteiger partial charge in [0.05, 0.1) is 13.2 Å². The van der Waals surface area contributed by atoms with Crippen LogP contribution in [0.15, 0.2) is 42.1 Å². The molecule has 1 amide bonds. The van der Waals surface area contributed by atoms with Gasteiger partial charge in [0.25, 0.3) is 0 Å². The number of carbonyl (C=O) groups excluding carboxylic acids is 2. The van der Waals surface area contributed by atoms with E-state index in [4.69, 9.17) is 4.74 Å². The predicted molar refractivity (Wildman–Crippen MR) is 87.2 cm³/mol. The Bertz CT molecular complexity index is 623. The van der Waals surface area contributed by atoms with Crippen molar-refractivity contribution >= 4 is 11.9 Å². The van der Waals surface area contributed by atoms with E-state index in [9.17, 15) is 9.59 Å². The van der Waals surface area contributed by atoms with Crippen LogP contribution in [0.5, 0.6) is 0 Å². The minimum absolute atomic E-state index is 0.0990. The molecular formula is C19H23NO3. The lowest BCUT2D eigenvalue weighted by Crippen LogP contribution is -2.49. The highest BCUT2D eigenvalue weighted by molar-refractivity contribution is 5.88. The first-order valence-electron chi connectivity index (χ1n) is 8.39. The van der Waals surface area contributed by atoms with Gasteiger partial charge in [0.1, 0.15) is 5.41 Å². The fourth-order valence-electron chi connectivity index (χ4n) is 3.69. The van der Waals surface area contributed by atoms with E-state index in [1.54, 1.807) is 4.90 Å². The summed E-state index contributed by atoms with van der Waals surface area (Å²) >= 11 is 0. The second kappa shape index (κ2) is 6.57. The van der Waals surface area contributed by atoms with Gasteiger partial charge in [-0.3, -0.25) is 9.59 Å². The first kappa shape index (κ1) is 15.8. The van der Waals surface area contributed by atoms with Crippen LogP contribution >= 0.6 is 0 Å². The van der Waals surface area contributed by atoms with Crippen molar-refractivity contribution in [3.05, 3.63) is 47.7 Å². The van der Waals surface area contributed by atoms with Crippen LogP contribution in [0.25, 0.3) is 0 Å². The van der Waals surface area contributed by atoms with Crippen molar-refractivity contribution in [2.24, 2.45) is 5.41 Å². The van der Waals surface area contributed by atoms with Gasteiger partial charge in [-0.15, -0.1) is 0 Å². The minimum Gasteiger partial charge on any atom is -0.465 e. The van der Waals surface area contributed by atoms with Gasteiger partial charge in [-0.05, 0) is 38.2 Å². The Morgan fingerprint density at radius 3 is 2.78 bits per heavy atom. The number of carbonyl (C=O) groups is 2. The van der Waals surface area contributed by atoms with Crippen LogP contribution in [0, 0.1) is 5.41 Å². The van der Waals surface area contributed by atoms with Crippen molar-refractivity contribution in [3.63, 3.8) is 0 Å². The van der Waals surface area contributed by atoms with Crippen molar-refractivity contribution in [1.29, 1.82) is 0 Å². The maximum Gasteiger partial charge on any atom is 0.318 e. The number of amides is 1. The third-order valence-corrected chi connectivity index (χ3v) is 4.84. The average molecular weight is 313 g/mol. The van der Waals surface area contributed by atoms with Crippen LogP contribution in [0.4, 0.5) is 0 Å². The minimum atomic E-state index is -0.628. The fourth-order valence-corrected chi connectivity index (χ4v) is 3.69. The maximum atomic E-state index is 12.7. The second-order valence-electron chi connectivity index (χ2n) is 6.25. The van der Waals surface area contributed by atoms with Gasteiger partial charge in [0.15, 0.2) is 0 Å². The van der Waals surface area contributed by atoms with Crippen molar-refractivity contribution in [3.8, 4) is 0 Å². The number of likely N-dealkylation sites (tertiary alicyclic amines) is 1. The molecule has 1 aliphatic carbocycles. The number of piperidine rings is 1. The zero-order valence-corrected chi connectivity index (χ0v) is 13.6. The van der Waals surface area contributed by atoms with E-state index >= 15 is 0 Å². The van der Waals surface area contributed by atoms with E-state index in [1.807, 2.05) is 37.3 Å². The monoisotopic (exact) mass is 313 g/mol. The largest absolute Gasteiger partial charge is 0.465 e. The van der Waals surface area contributed by atoms with E-state index in [-0.39, 0.29) is 11.9 Å². The molecule has 0 N–H and O–H groups in total. The predicted octanol–water partition coefficient (Wildman–Crippen LogP) is 3.43. The molecular weight excluding hydrogens is 290 g/mol. The fraction of sp³-hybridized carbons (Fsp3) is 0.474. The van der Waals surface area contributed by atoms with Gasteiger partial charge in [0.2, 0.25) is 5.91 Å². The number of nitrogens with zero attached hydrogens (tertiary/aromatic N) is 1. The zero-order valence-electron chi connectivity index (χ0n) is 13.6. The number of esters is 1. The van der Waals surface area contributed by atoms with Gasteiger partial charge in [-0.1, -0.05) is 36.4 Å². The summed E-state index contributed by atoms with van der Waals surface area (Å²) in [7, 11) is 0. The molecule has 0 saturated carbocycles. The number of hydrogen-bond acceptors (Lipinski definition) is 3. The molecule has 1 saturated heterocycles. The highest BCUT2D eigenvalue weighted by Gasteiger charge is 2.50.